The van der Waals surface area contributed by atoms with Crippen LogP contribution in [0.15, 0.2) is 66.2 Å². The van der Waals surface area contributed by atoms with E-state index < -0.39 is 17.8 Å². The number of barbiturate groups is 1. The van der Waals surface area contributed by atoms with Gasteiger partial charge in [-0.3, -0.25) is 14.9 Å². The molecule has 3 aromatic rings. The average molecular weight is 600 g/mol. The highest BCUT2D eigenvalue weighted by molar-refractivity contribution is 14.1. The molecule has 0 radical (unpaired) electrons. The normalized spacial score (nSPS) is 14.7. The zero-order chi connectivity index (χ0) is 25.8. The third kappa shape index (κ3) is 5.56. The first-order valence-corrected chi connectivity index (χ1v) is 12.2. The van der Waals surface area contributed by atoms with Gasteiger partial charge in [0, 0.05) is 0 Å². The van der Waals surface area contributed by atoms with Gasteiger partial charge < -0.3 is 9.47 Å². The Balaban J connectivity index is 1.65. The summed E-state index contributed by atoms with van der Waals surface area (Å²) in [5.74, 6) is -1.01. The van der Waals surface area contributed by atoms with Crippen LogP contribution < -0.4 is 19.7 Å². The molecule has 0 aliphatic carbocycles. The standard InChI is InChI=1S/C27H22FIN2O5/c1-3-35-23-14-18(13-22(29)24(23)36-15-17-5-4-6-19(28)11-17)12-21-25(32)30-27(34)31(26(21)33)20-9-7-16(2)8-10-20/h4-14H,3,15H2,1-2H3,(H,30,32,34)/b21-12+. The predicted octanol–water partition coefficient (Wildman–Crippen LogP) is 5.38. The van der Waals surface area contributed by atoms with E-state index >= 15 is 0 Å². The molecule has 36 heavy (non-hydrogen) atoms. The molecule has 1 aliphatic rings. The molecule has 1 heterocycles. The molecule has 4 amide bonds. The summed E-state index contributed by atoms with van der Waals surface area (Å²) in [7, 11) is 0. The van der Waals surface area contributed by atoms with Gasteiger partial charge in [-0.25, -0.2) is 14.1 Å². The van der Waals surface area contributed by atoms with E-state index in [-0.39, 0.29) is 18.0 Å². The zero-order valence-corrected chi connectivity index (χ0v) is 21.7. The number of carbonyl (C=O) groups excluding carboxylic acids is 3. The van der Waals surface area contributed by atoms with E-state index in [9.17, 15) is 18.8 Å². The van der Waals surface area contributed by atoms with Crippen LogP contribution in [0, 0.1) is 16.3 Å². The molecule has 0 unspecified atom stereocenters. The van der Waals surface area contributed by atoms with Crippen LogP contribution in [0.1, 0.15) is 23.6 Å². The van der Waals surface area contributed by atoms with Crippen LogP contribution in [0.2, 0.25) is 0 Å². The first-order chi connectivity index (χ1) is 17.3. The molecular formula is C27H22FIN2O5. The quantitative estimate of drug-likeness (QED) is 0.224. The average Bonchev–Trinajstić information content (AvgIpc) is 2.82. The van der Waals surface area contributed by atoms with Gasteiger partial charge in [-0.05, 0) is 90.0 Å². The van der Waals surface area contributed by atoms with E-state index in [2.05, 4.69) is 27.9 Å². The smallest absolute Gasteiger partial charge is 0.335 e. The first-order valence-electron chi connectivity index (χ1n) is 11.1. The minimum absolute atomic E-state index is 0.128. The second-order valence-corrected chi connectivity index (χ2v) is 9.14. The van der Waals surface area contributed by atoms with Crippen molar-refractivity contribution in [1.29, 1.82) is 0 Å². The molecule has 0 saturated carbocycles. The molecular weight excluding hydrogens is 578 g/mol. The molecule has 1 saturated heterocycles. The number of rotatable bonds is 7. The maximum absolute atomic E-state index is 13.5. The Bertz CT molecular complexity index is 1370. The van der Waals surface area contributed by atoms with Crippen molar-refractivity contribution < 1.29 is 28.2 Å². The third-order valence-corrected chi connectivity index (χ3v) is 6.11. The molecule has 0 spiro atoms. The molecule has 184 valence electrons. The van der Waals surface area contributed by atoms with E-state index in [1.165, 1.54) is 18.2 Å². The number of hydrogen-bond acceptors (Lipinski definition) is 5. The van der Waals surface area contributed by atoms with Crippen LogP contribution in [-0.2, 0) is 16.2 Å². The van der Waals surface area contributed by atoms with Crippen molar-refractivity contribution in [2.24, 2.45) is 0 Å². The Morgan fingerprint density at radius 1 is 1.03 bits per heavy atom. The van der Waals surface area contributed by atoms with Crippen molar-refractivity contribution in [1.82, 2.24) is 5.32 Å². The van der Waals surface area contributed by atoms with Crippen molar-refractivity contribution in [2.45, 2.75) is 20.5 Å². The number of urea groups is 1. The summed E-state index contributed by atoms with van der Waals surface area (Å²) in [5, 5.41) is 2.22. The molecule has 0 atom stereocenters. The third-order valence-electron chi connectivity index (χ3n) is 5.31. The maximum Gasteiger partial charge on any atom is 0.335 e. The highest BCUT2D eigenvalue weighted by Crippen LogP contribution is 2.36. The second-order valence-electron chi connectivity index (χ2n) is 7.97. The van der Waals surface area contributed by atoms with Crippen molar-refractivity contribution in [2.75, 3.05) is 11.5 Å². The van der Waals surface area contributed by atoms with E-state index in [4.69, 9.17) is 9.47 Å². The van der Waals surface area contributed by atoms with Gasteiger partial charge in [0.2, 0.25) is 0 Å². The number of halogens is 2. The lowest BCUT2D eigenvalue weighted by atomic mass is 10.1. The molecule has 1 aliphatic heterocycles. The maximum atomic E-state index is 13.5. The van der Waals surface area contributed by atoms with Crippen LogP contribution in [0.25, 0.3) is 6.08 Å². The number of ether oxygens (including phenoxy) is 2. The topological polar surface area (TPSA) is 84.9 Å². The number of imide groups is 2. The van der Waals surface area contributed by atoms with Gasteiger partial charge in [-0.15, -0.1) is 0 Å². The Kier molecular flexibility index (Phi) is 7.68. The number of carbonyl (C=O) groups is 3. The summed E-state index contributed by atoms with van der Waals surface area (Å²) in [6.07, 6.45) is 1.41. The largest absolute Gasteiger partial charge is 0.490 e. The van der Waals surface area contributed by atoms with Gasteiger partial charge in [0.1, 0.15) is 18.0 Å². The summed E-state index contributed by atoms with van der Waals surface area (Å²) in [6, 6.07) is 15.5. The van der Waals surface area contributed by atoms with Gasteiger partial charge >= 0.3 is 6.03 Å². The Labute approximate surface area is 221 Å². The zero-order valence-electron chi connectivity index (χ0n) is 19.5. The molecule has 9 heteroatoms. The van der Waals surface area contributed by atoms with Crippen molar-refractivity contribution in [3.05, 3.63) is 92.3 Å². The fourth-order valence-electron chi connectivity index (χ4n) is 3.61. The van der Waals surface area contributed by atoms with Gasteiger partial charge in [-0.2, -0.15) is 0 Å². The van der Waals surface area contributed by atoms with E-state index in [1.807, 2.05) is 13.8 Å². The Hall–Kier alpha value is -3.73. The molecule has 1 fully saturated rings. The van der Waals surface area contributed by atoms with Crippen LogP contribution in [0.4, 0.5) is 14.9 Å². The van der Waals surface area contributed by atoms with Gasteiger partial charge in [0.05, 0.1) is 15.9 Å². The summed E-state index contributed by atoms with van der Waals surface area (Å²) in [4.78, 5) is 39.1. The number of hydrogen-bond donors (Lipinski definition) is 1. The number of aryl methyl sites for hydroxylation is 1. The number of benzene rings is 3. The number of amides is 4. The van der Waals surface area contributed by atoms with E-state index in [1.54, 1.807) is 48.5 Å². The lowest BCUT2D eigenvalue weighted by Crippen LogP contribution is -2.54. The minimum Gasteiger partial charge on any atom is -0.490 e. The van der Waals surface area contributed by atoms with Crippen LogP contribution >= 0.6 is 22.6 Å². The summed E-state index contributed by atoms with van der Waals surface area (Å²) in [5.41, 5.74) is 2.30. The highest BCUT2D eigenvalue weighted by Gasteiger charge is 2.36. The van der Waals surface area contributed by atoms with Crippen molar-refractivity contribution >= 4 is 52.2 Å². The Morgan fingerprint density at radius 2 is 1.78 bits per heavy atom. The predicted molar refractivity (Wildman–Crippen MR) is 141 cm³/mol. The fraction of sp³-hybridized carbons (Fsp3) is 0.148. The van der Waals surface area contributed by atoms with Gasteiger partial charge in [0.25, 0.3) is 11.8 Å². The van der Waals surface area contributed by atoms with Gasteiger partial charge in [-0.1, -0.05) is 29.8 Å². The second kappa shape index (κ2) is 10.9. The van der Waals surface area contributed by atoms with Crippen molar-refractivity contribution in [3.63, 3.8) is 0 Å². The van der Waals surface area contributed by atoms with Crippen LogP contribution in [0.5, 0.6) is 11.5 Å². The number of anilines is 1. The summed E-state index contributed by atoms with van der Waals surface area (Å²) < 4.78 is 25.9. The fourth-order valence-corrected chi connectivity index (χ4v) is 4.39. The first kappa shape index (κ1) is 25.4. The molecule has 3 aromatic carbocycles. The molecule has 4 rings (SSSR count). The van der Waals surface area contributed by atoms with E-state index in [0.717, 1.165) is 10.5 Å². The van der Waals surface area contributed by atoms with Crippen LogP contribution in [-0.4, -0.2) is 24.5 Å². The molecule has 0 bridgehead atoms. The number of nitrogens with zero attached hydrogens (tertiary/aromatic N) is 1. The summed E-state index contributed by atoms with van der Waals surface area (Å²) >= 11 is 2.07. The van der Waals surface area contributed by atoms with Crippen LogP contribution in [0.3, 0.4) is 0 Å². The highest BCUT2D eigenvalue weighted by atomic mass is 127. The number of nitrogens with one attached hydrogen (secondary N) is 1. The van der Waals surface area contributed by atoms with E-state index in [0.29, 0.717) is 38.5 Å². The summed E-state index contributed by atoms with van der Waals surface area (Å²) in [6.45, 7) is 4.18. The Morgan fingerprint density at radius 3 is 2.47 bits per heavy atom. The lowest BCUT2D eigenvalue weighted by molar-refractivity contribution is -0.122. The van der Waals surface area contributed by atoms with Crippen molar-refractivity contribution in [3.8, 4) is 11.5 Å². The molecule has 1 N–H and O–H groups in total. The molecule has 7 nitrogen and oxygen atoms in total. The molecule has 0 aromatic heterocycles. The SMILES string of the molecule is CCOc1cc(/C=C2\C(=O)NC(=O)N(c3ccc(C)cc3)C2=O)cc(I)c1OCc1cccc(F)c1. The monoisotopic (exact) mass is 600 g/mol. The lowest BCUT2D eigenvalue weighted by Gasteiger charge is -2.26. The minimum atomic E-state index is -0.809. The van der Waals surface area contributed by atoms with Gasteiger partial charge in [0.15, 0.2) is 11.5 Å².